The molecule has 0 bridgehead atoms. The summed E-state index contributed by atoms with van der Waals surface area (Å²) in [5.41, 5.74) is 1.73. The molecule has 0 saturated heterocycles. The van der Waals surface area contributed by atoms with Crippen molar-refractivity contribution in [3.05, 3.63) is 65.6 Å². The molecule has 19 heavy (non-hydrogen) atoms. The zero-order valence-electron chi connectivity index (χ0n) is 9.71. The Balaban J connectivity index is 2.28. The lowest BCUT2D eigenvalue weighted by Gasteiger charge is -2.15. The maximum absolute atomic E-state index is 10.4. The fourth-order valence-electron chi connectivity index (χ4n) is 1.79. The zero-order chi connectivity index (χ0) is 14.0. The highest BCUT2D eigenvalue weighted by Crippen LogP contribution is 2.31. The third-order valence-electron chi connectivity index (χ3n) is 2.76. The quantitative estimate of drug-likeness (QED) is 0.575. The molecule has 1 N–H and O–H groups in total. The smallest absolute Gasteiger partial charge is 0.0841 e. The fraction of sp³-hybridized carbons (Fsp3) is 0.143. The maximum atomic E-state index is 10.4. The summed E-state index contributed by atoms with van der Waals surface area (Å²) >= 11 is 17.7. The van der Waals surface area contributed by atoms with Gasteiger partial charge in [-0.25, -0.2) is 0 Å². The first-order valence-electron chi connectivity index (χ1n) is 5.55. The van der Waals surface area contributed by atoms with Gasteiger partial charge in [0.1, 0.15) is 0 Å². The van der Waals surface area contributed by atoms with Crippen LogP contribution >= 0.6 is 61.7 Å². The Labute approximate surface area is 144 Å². The second kappa shape index (κ2) is 6.76. The minimum Gasteiger partial charge on any atom is -0.388 e. The number of benzene rings is 2. The third kappa shape index (κ3) is 3.85. The van der Waals surface area contributed by atoms with E-state index in [9.17, 15) is 5.11 Å². The van der Waals surface area contributed by atoms with Gasteiger partial charge in [-0.05, 0) is 58.0 Å². The Morgan fingerprint density at radius 3 is 2.68 bits per heavy atom. The number of aliphatic hydroxyl groups excluding tert-OH is 1. The topological polar surface area (TPSA) is 20.2 Å². The molecule has 0 amide bonds. The molecule has 5 heteroatoms. The Morgan fingerprint density at radius 1 is 1.21 bits per heavy atom. The average Bonchev–Trinajstić information content (AvgIpc) is 2.38. The van der Waals surface area contributed by atoms with Gasteiger partial charge in [-0.15, -0.1) is 0 Å². The second-order valence-corrected chi connectivity index (χ2v) is 6.96. The molecule has 1 unspecified atom stereocenters. The van der Waals surface area contributed by atoms with Crippen molar-refractivity contribution < 1.29 is 5.11 Å². The Hall–Kier alpha value is 0.190. The van der Waals surface area contributed by atoms with Gasteiger partial charge in [0.25, 0.3) is 0 Å². The molecule has 2 aromatic rings. The predicted molar refractivity (Wildman–Crippen MR) is 92.0 cm³/mol. The van der Waals surface area contributed by atoms with Crippen molar-refractivity contribution in [1.82, 2.24) is 0 Å². The molecule has 0 heterocycles. The molecule has 1 nitrogen and oxygen atoms in total. The molecule has 0 fully saturated rings. The van der Waals surface area contributed by atoms with E-state index in [0.29, 0.717) is 16.5 Å². The minimum atomic E-state index is -0.611. The van der Waals surface area contributed by atoms with Crippen LogP contribution in [0, 0.1) is 3.57 Å². The standard InChI is InChI=1S/C14H10BrCl2IO/c15-9-4-5-12(18)10(7-9)13(19)6-8-2-1-3-11(16)14(8)17/h1-5,7,13,19H,6H2. The van der Waals surface area contributed by atoms with Gasteiger partial charge >= 0.3 is 0 Å². The SMILES string of the molecule is OC(Cc1cccc(Cl)c1Cl)c1cc(Br)ccc1I. The van der Waals surface area contributed by atoms with Gasteiger partial charge < -0.3 is 5.11 Å². The largest absolute Gasteiger partial charge is 0.388 e. The van der Waals surface area contributed by atoms with Crippen LogP contribution in [0.2, 0.25) is 10.0 Å². The molecule has 100 valence electrons. The number of aliphatic hydroxyl groups is 1. The van der Waals surface area contributed by atoms with Crippen molar-refractivity contribution in [2.45, 2.75) is 12.5 Å². The lowest BCUT2D eigenvalue weighted by atomic mass is 10.0. The molecule has 0 aliphatic heterocycles. The molecule has 0 radical (unpaired) electrons. The monoisotopic (exact) mass is 470 g/mol. The van der Waals surface area contributed by atoms with Gasteiger partial charge in [0.15, 0.2) is 0 Å². The summed E-state index contributed by atoms with van der Waals surface area (Å²) < 4.78 is 1.96. The van der Waals surface area contributed by atoms with Crippen molar-refractivity contribution in [1.29, 1.82) is 0 Å². The highest BCUT2D eigenvalue weighted by Gasteiger charge is 2.15. The Kier molecular flexibility index (Phi) is 5.55. The number of rotatable bonds is 3. The summed E-state index contributed by atoms with van der Waals surface area (Å²) in [5.74, 6) is 0. The van der Waals surface area contributed by atoms with E-state index in [4.69, 9.17) is 23.2 Å². The van der Waals surface area contributed by atoms with Crippen LogP contribution < -0.4 is 0 Å². The highest BCUT2D eigenvalue weighted by atomic mass is 127. The van der Waals surface area contributed by atoms with Crippen LogP contribution in [0.1, 0.15) is 17.2 Å². The van der Waals surface area contributed by atoms with E-state index in [1.54, 1.807) is 6.07 Å². The van der Waals surface area contributed by atoms with E-state index < -0.39 is 6.10 Å². The van der Waals surface area contributed by atoms with Crippen LogP contribution in [0.15, 0.2) is 40.9 Å². The Bertz CT molecular complexity index is 604. The molecule has 0 spiro atoms. The van der Waals surface area contributed by atoms with Crippen molar-refractivity contribution in [3.63, 3.8) is 0 Å². The van der Waals surface area contributed by atoms with Crippen LogP contribution in [0.5, 0.6) is 0 Å². The van der Waals surface area contributed by atoms with Gasteiger partial charge in [-0.3, -0.25) is 0 Å². The number of hydrogen-bond donors (Lipinski definition) is 1. The maximum Gasteiger partial charge on any atom is 0.0841 e. The minimum absolute atomic E-state index is 0.436. The summed E-state index contributed by atoms with van der Waals surface area (Å²) in [4.78, 5) is 0. The third-order valence-corrected chi connectivity index (χ3v) is 5.10. The Morgan fingerprint density at radius 2 is 1.95 bits per heavy atom. The van der Waals surface area contributed by atoms with E-state index in [-0.39, 0.29) is 0 Å². The van der Waals surface area contributed by atoms with Gasteiger partial charge in [0.05, 0.1) is 16.1 Å². The normalized spacial score (nSPS) is 12.5. The molecular formula is C14H10BrCl2IO. The first kappa shape index (κ1) is 15.6. The van der Waals surface area contributed by atoms with Crippen LogP contribution in [0.25, 0.3) is 0 Å². The number of halogens is 4. The molecule has 2 aromatic carbocycles. The second-order valence-electron chi connectivity index (χ2n) is 4.10. The van der Waals surface area contributed by atoms with E-state index in [0.717, 1.165) is 19.2 Å². The van der Waals surface area contributed by atoms with E-state index in [1.807, 2.05) is 30.3 Å². The van der Waals surface area contributed by atoms with Crippen LogP contribution in [-0.4, -0.2) is 5.11 Å². The first-order chi connectivity index (χ1) is 8.99. The predicted octanol–water partition coefficient (Wildman–Crippen LogP) is 5.64. The molecule has 0 aliphatic carbocycles. The van der Waals surface area contributed by atoms with E-state index in [1.165, 1.54) is 0 Å². The van der Waals surface area contributed by atoms with Crippen molar-refractivity contribution in [2.24, 2.45) is 0 Å². The summed E-state index contributed by atoms with van der Waals surface area (Å²) in [5, 5.41) is 11.4. The summed E-state index contributed by atoms with van der Waals surface area (Å²) in [7, 11) is 0. The summed E-state index contributed by atoms with van der Waals surface area (Å²) in [6, 6.07) is 11.3. The zero-order valence-corrected chi connectivity index (χ0v) is 15.0. The average molecular weight is 472 g/mol. The van der Waals surface area contributed by atoms with Crippen LogP contribution in [0.4, 0.5) is 0 Å². The van der Waals surface area contributed by atoms with Crippen molar-refractivity contribution >= 4 is 61.7 Å². The molecule has 0 saturated carbocycles. The fourth-order valence-corrected chi connectivity index (χ4v) is 3.27. The molecule has 2 rings (SSSR count). The van der Waals surface area contributed by atoms with Crippen molar-refractivity contribution in [2.75, 3.05) is 0 Å². The van der Waals surface area contributed by atoms with Gasteiger partial charge in [-0.1, -0.05) is 51.3 Å². The number of hydrogen-bond acceptors (Lipinski definition) is 1. The lowest BCUT2D eigenvalue weighted by molar-refractivity contribution is 0.177. The van der Waals surface area contributed by atoms with Gasteiger partial charge in [-0.2, -0.15) is 0 Å². The molecular weight excluding hydrogens is 462 g/mol. The first-order valence-corrected chi connectivity index (χ1v) is 8.17. The van der Waals surface area contributed by atoms with Crippen LogP contribution in [-0.2, 0) is 6.42 Å². The summed E-state index contributed by atoms with van der Waals surface area (Å²) in [6.45, 7) is 0. The highest BCUT2D eigenvalue weighted by molar-refractivity contribution is 14.1. The molecule has 0 aromatic heterocycles. The molecule has 1 atom stereocenters. The molecule has 0 aliphatic rings. The van der Waals surface area contributed by atoms with Gasteiger partial charge in [0, 0.05) is 14.5 Å². The lowest BCUT2D eigenvalue weighted by Crippen LogP contribution is -2.04. The van der Waals surface area contributed by atoms with E-state index in [2.05, 4.69) is 38.5 Å². The van der Waals surface area contributed by atoms with E-state index >= 15 is 0 Å². The summed E-state index contributed by atoms with van der Waals surface area (Å²) in [6.07, 6.45) is -0.174. The van der Waals surface area contributed by atoms with Crippen molar-refractivity contribution in [3.8, 4) is 0 Å². The van der Waals surface area contributed by atoms with Gasteiger partial charge in [0.2, 0.25) is 0 Å². The van der Waals surface area contributed by atoms with Crippen LogP contribution in [0.3, 0.4) is 0 Å².